The number of carbonyl (C=O) groups is 1. The van der Waals surface area contributed by atoms with Gasteiger partial charge >= 0.3 is 0 Å². The minimum Gasteiger partial charge on any atom is -0.328 e. The van der Waals surface area contributed by atoms with Crippen LogP contribution in [0.4, 0.5) is 0 Å². The van der Waals surface area contributed by atoms with Gasteiger partial charge in [0.25, 0.3) is 0 Å². The van der Waals surface area contributed by atoms with Gasteiger partial charge in [0, 0.05) is 17.9 Å². The summed E-state index contributed by atoms with van der Waals surface area (Å²) < 4.78 is 0. The van der Waals surface area contributed by atoms with Crippen LogP contribution >= 0.6 is 12.4 Å². The molecule has 4 aliphatic rings. The van der Waals surface area contributed by atoms with Crippen molar-refractivity contribution < 1.29 is 4.79 Å². The predicted octanol–water partition coefficient (Wildman–Crippen LogP) is 4.35. The lowest BCUT2D eigenvalue weighted by atomic mass is 9.45. The number of nitrogens with two attached hydrogens (primary N) is 1. The molecule has 2 N–H and O–H groups in total. The molecule has 0 amide bonds. The molecular formula is C19H32ClNO. The van der Waals surface area contributed by atoms with Crippen LogP contribution in [0.5, 0.6) is 0 Å². The standard InChI is InChI=1S/C19H31NO.ClH/c1-18-9-7-13(20)11-12(18)3-4-14-15-5-6-17(21)19(15,2)10-8-16(14)18;/h12-16H,3-11,20H2,1-2H3;1H/t12?,13?,14-,15-,16+,18-,19-;/m0./s1. The molecule has 4 rings (SSSR count). The first-order valence-electron chi connectivity index (χ1n) is 9.24. The summed E-state index contributed by atoms with van der Waals surface area (Å²) >= 11 is 0. The Bertz CT molecular complexity index is 466. The van der Waals surface area contributed by atoms with Gasteiger partial charge in [-0.2, -0.15) is 0 Å². The van der Waals surface area contributed by atoms with E-state index in [1.165, 1.54) is 44.9 Å². The van der Waals surface area contributed by atoms with Crippen molar-refractivity contribution in [3.05, 3.63) is 0 Å². The van der Waals surface area contributed by atoms with E-state index in [1.807, 2.05) is 0 Å². The van der Waals surface area contributed by atoms with Crippen LogP contribution in [0.2, 0.25) is 0 Å². The lowest BCUT2D eigenvalue weighted by molar-refractivity contribution is -0.139. The van der Waals surface area contributed by atoms with E-state index >= 15 is 0 Å². The first-order valence-corrected chi connectivity index (χ1v) is 9.24. The summed E-state index contributed by atoms with van der Waals surface area (Å²) in [7, 11) is 0. The monoisotopic (exact) mass is 325 g/mol. The quantitative estimate of drug-likeness (QED) is 0.719. The van der Waals surface area contributed by atoms with E-state index in [0.717, 1.165) is 30.6 Å². The van der Waals surface area contributed by atoms with Crippen LogP contribution in [-0.2, 0) is 4.79 Å². The smallest absolute Gasteiger partial charge is 0.139 e. The average molecular weight is 326 g/mol. The summed E-state index contributed by atoms with van der Waals surface area (Å²) in [5.74, 6) is 3.81. The third-order valence-electron chi connectivity index (χ3n) is 8.42. The van der Waals surface area contributed by atoms with Crippen LogP contribution in [0, 0.1) is 34.5 Å². The number of hydrogen-bond donors (Lipinski definition) is 1. The Balaban J connectivity index is 0.00000144. The van der Waals surface area contributed by atoms with Gasteiger partial charge in [0.1, 0.15) is 5.78 Å². The molecule has 0 aromatic heterocycles. The molecule has 2 nitrogen and oxygen atoms in total. The molecule has 0 heterocycles. The highest BCUT2D eigenvalue weighted by Crippen LogP contribution is 2.65. The molecule has 22 heavy (non-hydrogen) atoms. The van der Waals surface area contributed by atoms with E-state index in [1.54, 1.807) is 0 Å². The maximum Gasteiger partial charge on any atom is 0.139 e. The molecule has 0 saturated heterocycles. The van der Waals surface area contributed by atoms with Crippen molar-refractivity contribution in [2.24, 2.45) is 40.2 Å². The maximum absolute atomic E-state index is 12.4. The van der Waals surface area contributed by atoms with Crippen molar-refractivity contribution in [1.29, 1.82) is 0 Å². The summed E-state index contributed by atoms with van der Waals surface area (Å²) in [6.07, 6.45) is 11.0. The Hall–Kier alpha value is -0.0800. The van der Waals surface area contributed by atoms with E-state index in [0.29, 0.717) is 23.2 Å². The van der Waals surface area contributed by atoms with Crippen molar-refractivity contribution in [3.8, 4) is 0 Å². The molecule has 0 spiro atoms. The third kappa shape index (κ3) is 2.13. The number of rotatable bonds is 0. The van der Waals surface area contributed by atoms with Crippen molar-refractivity contribution in [2.45, 2.75) is 77.7 Å². The van der Waals surface area contributed by atoms with Crippen molar-refractivity contribution in [1.82, 2.24) is 0 Å². The molecule has 0 aromatic carbocycles. The fraction of sp³-hybridized carbons (Fsp3) is 0.947. The summed E-state index contributed by atoms with van der Waals surface area (Å²) in [6.45, 7) is 4.86. The van der Waals surface area contributed by atoms with Gasteiger partial charge in [-0.15, -0.1) is 12.4 Å². The molecule has 4 fully saturated rings. The number of halogens is 1. The van der Waals surface area contributed by atoms with Gasteiger partial charge in [-0.05, 0) is 80.5 Å². The zero-order valence-corrected chi connectivity index (χ0v) is 15.0. The molecule has 3 heteroatoms. The number of Topliss-reactive ketones (excluding diaryl/α,β-unsaturated/α-hetero) is 1. The van der Waals surface area contributed by atoms with Gasteiger partial charge in [-0.1, -0.05) is 13.8 Å². The first-order chi connectivity index (χ1) is 9.95. The van der Waals surface area contributed by atoms with Crippen LogP contribution in [0.15, 0.2) is 0 Å². The summed E-state index contributed by atoms with van der Waals surface area (Å²) in [4.78, 5) is 12.4. The average Bonchev–Trinajstić information content (AvgIpc) is 2.76. The zero-order valence-electron chi connectivity index (χ0n) is 14.1. The van der Waals surface area contributed by atoms with E-state index in [4.69, 9.17) is 5.73 Å². The maximum atomic E-state index is 12.4. The minimum absolute atomic E-state index is 0. The minimum atomic E-state index is 0. The van der Waals surface area contributed by atoms with Gasteiger partial charge in [-0.3, -0.25) is 4.79 Å². The van der Waals surface area contributed by atoms with Crippen LogP contribution < -0.4 is 5.73 Å². The topological polar surface area (TPSA) is 43.1 Å². The normalized spacial score (nSPS) is 54.0. The molecule has 0 aromatic rings. The highest BCUT2D eigenvalue weighted by molar-refractivity contribution is 5.87. The van der Waals surface area contributed by atoms with Gasteiger partial charge in [-0.25, -0.2) is 0 Å². The second-order valence-electron chi connectivity index (χ2n) is 9.11. The Morgan fingerprint density at radius 2 is 1.77 bits per heavy atom. The highest BCUT2D eigenvalue weighted by atomic mass is 35.5. The molecular weight excluding hydrogens is 294 g/mol. The molecule has 2 unspecified atom stereocenters. The molecule has 4 aliphatic carbocycles. The molecule has 4 saturated carbocycles. The van der Waals surface area contributed by atoms with Crippen LogP contribution in [0.3, 0.4) is 0 Å². The number of hydrogen-bond acceptors (Lipinski definition) is 2. The van der Waals surface area contributed by atoms with Crippen LogP contribution in [-0.4, -0.2) is 11.8 Å². The predicted molar refractivity (Wildman–Crippen MR) is 92.0 cm³/mol. The number of fused-ring (bicyclic) bond motifs is 5. The van der Waals surface area contributed by atoms with Gasteiger partial charge in [0.15, 0.2) is 0 Å². The second-order valence-corrected chi connectivity index (χ2v) is 9.11. The van der Waals surface area contributed by atoms with Crippen molar-refractivity contribution in [2.75, 3.05) is 0 Å². The van der Waals surface area contributed by atoms with Crippen molar-refractivity contribution >= 4 is 18.2 Å². The van der Waals surface area contributed by atoms with Crippen LogP contribution in [0.25, 0.3) is 0 Å². The lowest BCUT2D eigenvalue weighted by Gasteiger charge is -2.60. The molecule has 0 bridgehead atoms. The van der Waals surface area contributed by atoms with Crippen molar-refractivity contribution in [3.63, 3.8) is 0 Å². The second kappa shape index (κ2) is 5.48. The molecule has 126 valence electrons. The third-order valence-corrected chi connectivity index (χ3v) is 8.42. The van der Waals surface area contributed by atoms with Gasteiger partial charge in [0.2, 0.25) is 0 Å². The Kier molecular flexibility index (Phi) is 4.18. The zero-order chi connectivity index (χ0) is 14.8. The highest BCUT2D eigenvalue weighted by Gasteiger charge is 2.59. The van der Waals surface area contributed by atoms with Gasteiger partial charge < -0.3 is 5.73 Å². The van der Waals surface area contributed by atoms with Gasteiger partial charge in [0.05, 0.1) is 0 Å². The van der Waals surface area contributed by atoms with Crippen LogP contribution in [0.1, 0.15) is 71.6 Å². The number of carbonyl (C=O) groups excluding carboxylic acids is 1. The molecule has 0 radical (unpaired) electrons. The first kappa shape index (κ1) is 16.8. The Labute approximate surface area is 141 Å². The fourth-order valence-electron chi connectivity index (χ4n) is 7.06. The fourth-order valence-corrected chi connectivity index (χ4v) is 7.06. The summed E-state index contributed by atoms with van der Waals surface area (Å²) in [6, 6.07) is 0.446. The van der Waals surface area contributed by atoms with E-state index in [9.17, 15) is 4.79 Å². The summed E-state index contributed by atoms with van der Waals surface area (Å²) in [5.41, 5.74) is 6.81. The Morgan fingerprint density at radius 1 is 1.00 bits per heavy atom. The van der Waals surface area contributed by atoms with E-state index < -0.39 is 0 Å². The van der Waals surface area contributed by atoms with E-state index in [-0.39, 0.29) is 17.8 Å². The molecule has 0 aliphatic heterocycles. The Morgan fingerprint density at radius 3 is 2.55 bits per heavy atom. The SMILES string of the molecule is C[C@]12CCC(N)CC1CC[C@@H]1[C@H]2CC[C@]2(C)C(=O)CC[C@@H]12.Cl. The molecule has 7 atom stereocenters. The lowest BCUT2D eigenvalue weighted by Crippen LogP contribution is -2.54. The largest absolute Gasteiger partial charge is 0.328 e. The van der Waals surface area contributed by atoms with E-state index in [2.05, 4.69) is 13.8 Å². The number of ketones is 1. The summed E-state index contributed by atoms with van der Waals surface area (Å²) in [5, 5.41) is 0.